The fourth-order valence-electron chi connectivity index (χ4n) is 1.51. The second-order valence-corrected chi connectivity index (χ2v) is 4.38. The van der Waals surface area contributed by atoms with E-state index in [-0.39, 0.29) is 5.56 Å². The van der Waals surface area contributed by atoms with Crippen LogP contribution in [0.1, 0.15) is 5.56 Å². The Morgan fingerprint density at radius 3 is 3.00 bits per heavy atom. The van der Waals surface area contributed by atoms with Crippen molar-refractivity contribution in [2.24, 2.45) is 5.84 Å². The highest BCUT2D eigenvalue weighted by molar-refractivity contribution is 9.10. The topological polar surface area (TPSA) is 72.9 Å². The molecule has 0 fully saturated rings. The maximum Gasteiger partial charge on any atom is 0.250 e. The Morgan fingerprint density at radius 2 is 2.24 bits per heavy atom. The molecule has 0 aliphatic heterocycles. The Hall–Kier alpha value is -1.66. The molecule has 0 saturated carbocycles. The van der Waals surface area contributed by atoms with Crippen LogP contribution in [-0.4, -0.2) is 9.55 Å². The van der Waals surface area contributed by atoms with Crippen molar-refractivity contribution in [3.63, 3.8) is 0 Å². The molecule has 0 radical (unpaired) electrons. The van der Waals surface area contributed by atoms with Gasteiger partial charge in [0.05, 0.1) is 6.54 Å². The van der Waals surface area contributed by atoms with Gasteiger partial charge in [-0.25, -0.2) is 10.8 Å². The Bertz CT molecular complexity index is 582. The number of anilines is 1. The van der Waals surface area contributed by atoms with Gasteiger partial charge in [0.1, 0.15) is 5.82 Å². The molecule has 5 nitrogen and oxygen atoms in total. The Balaban J connectivity index is 2.37. The SMILES string of the molecule is NNc1ncccc1Cn1cc(Br)ccc1=O. The molecule has 0 amide bonds. The predicted octanol–water partition coefficient (Wildman–Crippen LogP) is 1.34. The lowest BCUT2D eigenvalue weighted by molar-refractivity contribution is 0.754. The fourth-order valence-corrected chi connectivity index (χ4v) is 1.88. The molecule has 6 heteroatoms. The summed E-state index contributed by atoms with van der Waals surface area (Å²) in [7, 11) is 0. The van der Waals surface area contributed by atoms with E-state index >= 15 is 0 Å². The van der Waals surface area contributed by atoms with Crippen LogP contribution in [0.2, 0.25) is 0 Å². The maximum atomic E-state index is 11.6. The molecule has 0 aromatic carbocycles. The summed E-state index contributed by atoms with van der Waals surface area (Å²) in [6.45, 7) is 0.422. The molecular formula is C11H11BrN4O. The van der Waals surface area contributed by atoms with Crippen molar-refractivity contribution >= 4 is 21.7 Å². The third-order valence-corrected chi connectivity index (χ3v) is 2.79. The van der Waals surface area contributed by atoms with Gasteiger partial charge in [0.25, 0.3) is 5.56 Å². The van der Waals surface area contributed by atoms with Crippen molar-refractivity contribution in [3.8, 4) is 0 Å². The Labute approximate surface area is 106 Å². The molecule has 2 rings (SSSR count). The lowest BCUT2D eigenvalue weighted by Gasteiger charge is -2.09. The number of hydrogen-bond acceptors (Lipinski definition) is 4. The van der Waals surface area contributed by atoms with Crippen LogP contribution in [0.4, 0.5) is 5.82 Å². The summed E-state index contributed by atoms with van der Waals surface area (Å²) in [5.74, 6) is 5.93. The van der Waals surface area contributed by atoms with Gasteiger partial charge in [0.2, 0.25) is 0 Å². The summed E-state index contributed by atoms with van der Waals surface area (Å²) < 4.78 is 2.44. The van der Waals surface area contributed by atoms with Gasteiger partial charge in [0.15, 0.2) is 0 Å². The first-order valence-corrected chi connectivity index (χ1v) is 5.76. The molecule has 0 unspecified atom stereocenters. The van der Waals surface area contributed by atoms with Gasteiger partial charge in [0, 0.05) is 28.5 Å². The van der Waals surface area contributed by atoms with E-state index in [1.807, 2.05) is 6.07 Å². The molecule has 0 atom stereocenters. The van der Waals surface area contributed by atoms with Crippen molar-refractivity contribution in [3.05, 3.63) is 57.0 Å². The average molecular weight is 295 g/mol. The predicted molar refractivity (Wildman–Crippen MR) is 69.6 cm³/mol. The second-order valence-electron chi connectivity index (χ2n) is 3.47. The fraction of sp³-hybridized carbons (Fsp3) is 0.0909. The first kappa shape index (κ1) is 11.8. The summed E-state index contributed by atoms with van der Waals surface area (Å²) in [5.41, 5.74) is 3.30. The van der Waals surface area contributed by atoms with E-state index in [0.717, 1.165) is 10.0 Å². The van der Waals surface area contributed by atoms with Crippen LogP contribution in [0.15, 0.2) is 45.9 Å². The number of nitrogens with one attached hydrogen (secondary N) is 1. The number of nitrogen functional groups attached to an aromatic ring is 1. The van der Waals surface area contributed by atoms with Crippen molar-refractivity contribution < 1.29 is 0 Å². The number of hydrazine groups is 1. The molecular weight excluding hydrogens is 284 g/mol. The lowest BCUT2D eigenvalue weighted by Crippen LogP contribution is -2.20. The molecule has 3 N–H and O–H groups in total. The first-order valence-electron chi connectivity index (χ1n) is 4.97. The zero-order valence-electron chi connectivity index (χ0n) is 8.93. The van der Waals surface area contributed by atoms with Crippen molar-refractivity contribution in [2.45, 2.75) is 6.54 Å². The third kappa shape index (κ3) is 2.72. The standard InChI is InChI=1S/C11H11BrN4O/c12-9-3-4-10(17)16(7-9)6-8-2-1-5-14-11(8)15-13/h1-5,7H,6,13H2,(H,14,15). The van der Waals surface area contributed by atoms with Gasteiger partial charge in [-0.05, 0) is 28.1 Å². The van der Waals surface area contributed by atoms with Gasteiger partial charge in [-0.2, -0.15) is 0 Å². The van der Waals surface area contributed by atoms with Gasteiger partial charge in [-0.3, -0.25) is 4.79 Å². The van der Waals surface area contributed by atoms with E-state index in [9.17, 15) is 4.79 Å². The largest absolute Gasteiger partial charge is 0.310 e. The van der Waals surface area contributed by atoms with Crippen LogP contribution in [0.3, 0.4) is 0 Å². The number of aromatic nitrogens is 2. The lowest BCUT2D eigenvalue weighted by atomic mass is 10.2. The molecule has 0 aliphatic carbocycles. The number of rotatable bonds is 3. The van der Waals surface area contributed by atoms with Crippen LogP contribution in [-0.2, 0) is 6.54 Å². The van der Waals surface area contributed by atoms with E-state index in [4.69, 9.17) is 5.84 Å². The van der Waals surface area contributed by atoms with E-state index < -0.39 is 0 Å². The molecule has 2 aromatic heterocycles. The second kappa shape index (κ2) is 5.11. The van der Waals surface area contributed by atoms with Crippen molar-refractivity contribution in [1.29, 1.82) is 0 Å². The molecule has 0 saturated heterocycles. The highest BCUT2D eigenvalue weighted by atomic mass is 79.9. The highest BCUT2D eigenvalue weighted by Crippen LogP contribution is 2.12. The van der Waals surface area contributed by atoms with E-state index in [2.05, 4.69) is 26.3 Å². The number of nitrogens with two attached hydrogens (primary N) is 1. The van der Waals surface area contributed by atoms with E-state index in [1.165, 1.54) is 6.07 Å². The van der Waals surface area contributed by atoms with Gasteiger partial charge in [-0.1, -0.05) is 6.07 Å². The van der Waals surface area contributed by atoms with Crippen LogP contribution in [0, 0.1) is 0 Å². The molecule has 0 aliphatic rings. The summed E-state index contributed by atoms with van der Waals surface area (Å²) >= 11 is 3.33. The number of hydrogen-bond donors (Lipinski definition) is 2. The molecule has 88 valence electrons. The summed E-state index contributed by atoms with van der Waals surface area (Å²) in [4.78, 5) is 15.7. The van der Waals surface area contributed by atoms with Crippen LogP contribution in [0.5, 0.6) is 0 Å². The monoisotopic (exact) mass is 294 g/mol. The van der Waals surface area contributed by atoms with Crippen LogP contribution < -0.4 is 16.8 Å². The molecule has 0 bridgehead atoms. The van der Waals surface area contributed by atoms with Gasteiger partial charge in [-0.15, -0.1) is 0 Å². The minimum Gasteiger partial charge on any atom is -0.310 e. The quantitative estimate of drug-likeness (QED) is 0.662. The summed E-state index contributed by atoms with van der Waals surface area (Å²) in [6.07, 6.45) is 3.37. The molecule has 17 heavy (non-hydrogen) atoms. The van der Waals surface area contributed by atoms with Gasteiger partial charge >= 0.3 is 0 Å². The van der Waals surface area contributed by atoms with Gasteiger partial charge < -0.3 is 9.99 Å². The minimum atomic E-state index is -0.0694. The summed E-state index contributed by atoms with van der Waals surface area (Å²) in [5, 5.41) is 0. The molecule has 2 heterocycles. The van der Waals surface area contributed by atoms with E-state index in [1.54, 1.807) is 29.1 Å². The number of halogens is 1. The molecule has 0 spiro atoms. The van der Waals surface area contributed by atoms with Crippen molar-refractivity contribution in [1.82, 2.24) is 9.55 Å². The zero-order chi connectivity index (χ0) is 12.3. The smallest absolute Gasteiger partial charge is 0.250 e. The normalized spacial score (nSPS) is 10.2. The Kier molecular flexibility index (Phi) is 3.55. The molecule has 2 aromatic rings. The third-order valence-electron chi connectivity index (χ3n) is 2.32. The van der Waals surface area contributed by atoms with Crippen molar-refractivity contribution in [2.75, 3.05) is 5.43 Å². The van der Waals surface area contributed by atoms with E-state index in [0.29, 0.717) is 12.4 Å². The van der Waals surface area contributed by atoms with Crippen LogP contribution in [0.25, 0.3) is 0 Å². The minimum absolute atomic E-state index is 0.0694. The summed E-state index contributed by atoms with van der Waals surface area (Å²) in [6, 6.07) is 6.90. The zero-order valence-corrected chi connectivity index (χ0v) is 10.5. The number of pyridine rings is 2. The number of nitrogens with zero attached hydrogens (tertiary/aromatic N) is 2. The maximum absolute atomic E-state index is 11.6. The average Bonchev–Trinajstić information content (AvgIpc) is 2.34. The first-order chi connectivity index (χ1) is 8.20. The Morgan fingerprint density at radius 1 is 1.41 bits per heavy atom. The highest BCUT2D eigenvalue weighted by Gasteiger charge is 2.04. The van der Waals surface area contributed by atoms with Crippen LogP contribution >= 0.6 is 15.9 Å².